The van der Waals surface area contributed by atoms with E-state index in [1.165, 1.54) is 4.31 Å². The lowest BCUT2D eigenvalue weighted by atomic mass is 9.98. The molecule has 1 aromatic carbocycles. The Bertz CT molecular complexity index is 943. The minimum Gasteiger partial charge on any atom is -0.332 e. The van der Waals surface area contributed by atoms with Gasteiger partial charge in [0.2, 0.25) is 10.0 Å². The van der Waals surface area contributed by atoms with Crippen molar-refractivity contribution < 1.29 is 13.2 Å². The molecule has 1 atom stereocenters. The first-order chi connectivity index (χ1) is 14.0. The van der Waals surface area contributed by atoms with Crippen LogP contribution in [0.5, 0.6) is 0 Å². The van der Waals surface area contributed by atoms with E-state index in [1.807, 2.05) is 26.2 Å². The van der Waals surface area contributed by atoms with Gasteiger partial charge in [-0.3, -0.25) is 0 Å². The SMILES string of the molecule is CCN(CC)S(=O)(=O)c1ccc(C(C)NC(=O)NCc2csc(C(C)(C)C)n2)cc1. The van der Waals surface area contributed by atoms with Gasteiger partial charge in [-0.15, -0.1) is 11.3 Å². The molecule has 1 aromatic heterocycles. The molecule has 9 heteroatoms. The molecule has 0 saturated carbocycles. The third-order valence-electron chi connectivity index (χ3n) is 4.69. The van der Waals surface area contributed by atoms with Gasteiger partial charge in [-0.1, -0.05) is 46.8 Å². The van der Waals surface area contributed by atoms with Gasteiger partial charge in [0.1, 0.15) is 0 Å². The number of sulfonamides is 1. The number of urea groups is 1. The molecule has 1 heterocycles. The molecule has 0 aliphatic carbocycles. The van der Waals surface area contributed by atoms with Gasteiger partial charge in [0.15, 0.2) is 0 Å². The highest BCUT2D eigenvalue weighted by atomic mass is 32.2. The Hall–Kier alpha value is -1.97. The molecule has 0 radical (unpaired) electrons. The lowest BCUT2D eigenvalue weighted by Crippen LogP contribution is -2.36. The average Bonchev–Trinajstić information content (AvgIpc) is 3.17. The lowest BCUT2D eigenvalue weighted by Gasteiger charge is -2.19. The average molecular weight is 453 g/mol. The van der Waals surface area contributed by atoms with Crippen LogP contribution in [0, 0.1) is 0 Å². The molecule has 30 heavy (non-hydrogen) atoms. The highest BCUT2D eigenvalue weighted by molar-refractivity contribution is 7.89. The molecule has 2 rings (SSSR count). The minimum absolute atomic E-state index is 0.00930. The van der Waals surface area contributed by atoms with Crippen LogP contribution in [0.15, 0.2) is 34.5 Å². The predicted octanol–water partition coefficient (Wildman–Crippen LogP) is 4.03. The molecule has 0 aliphatic heterocycles. The number of hydrogen-bond acceptors (Lipinski definition) is 5. The van der Waals surface area contributed by atoms with Crippen LogP contribution in [0.3, 0.4) is 0 Å². The van der Waals surface area contributed by atoms with Crippen molar-refractivity contribution in [2.75, 3.05) is 13.1 Å². The molecule has 0 spiro atoms. The normalized spacial score (nSPS) is 13.3. The summed E-state index contributed by atoms with van der Waals surface area (Å²) in [6.07, 6.45) is 0. The Morgan fingerprint density at radius 2 is 1.77 bits per heavy atom. The quantitative estimate of drug-likeness (QED) is 0.632. The van der Waals surface area contributed by atoms with Gasteiger partial charge in [0.05, 0.1) is 28.2 Å². The van der Waals surface area contributed by atoms with Crippen molar-refractivity contribution in [2.24, 2.45) is 0 Å². The first kappa shape index (κ1) is 24.3. The summed E-state index contributed by atoms with van der Waals surface area (Å²) in [7, 11) is -3.49. The number of amides is 2. The van der Waals surface area contributed by atoms with E-state index < -0.39 is 10.0 Å². The Morgan fingerprint density at radius 1 is 1.17 bits per heavy atom. The monoisotopic (exact) mass is 452 g/mol. The van der Waals surface area contributed by atoms with E-state index >= 15 is 0 Å². The van der Waals surface area contributed by atoms with Gasteiger partial charge >= 0.3 is 6.03 Å². The molecule has 0 bridgehead atoms. The topological polar surface area (TPSA) is 91.4 Å². The summed E-state index contributed by atoms with van der Waals surface area (Å²) in [5.41, 5.74) is 1.65. The molecule has 2 amide bonds. The van der Waals surface area contributed by atoms with Crippen molar-refractivity contribution >= 4 is 27.4 Å². The second kappa shape index (κ2) is 9.89. The van der Waals surface area contributed by atoms with E-state index in [0.29, 0.717) is 19.6 Å². The number of carbonyl (C=O) groups is 1. The largest absolute Gasteiger partial charge is 0.332 e. The number of hydrogen-bond donors (Lipinski definition) is 2. The van der Waals surface area contributed by atoms with E-state index in [4.69, 9.17) is 0 Å². The number of rotatable bonds is 8. The fourth-order valence-corrected chi connectivity index (χ4v) is 5.24. The molecule has 0 aliphatic rings. The van der Waals surface area contributed by atoms with Crippen LogP contribution in [0.25, 0.3) is 0 Å². The van der Waals surface area contributed by atoms with Crippen molar-refractivity contribution in [3.05, 3.63) is 45.9 Å². The Kier molecular flexibility index (Phi) is 8.01. The summed E-state index contributed by atoms with van der Waals surface area (Å²) in [6, 6.07) is 6.07. The molecule has 166 valence electrons. The minimum atomic E-state index is -3.49. The van der Waals surface area contributed by atoms with E-state index in [-0.39, 0.29) is 22.4 Å². The van der Waals surface area contributed by atoms with Crippen molar-refractivity contribution in [3.8, 4) is 0 Å². The molecular weight excluding hydrogens is 420 g/mol. The van der Waals surface area contributed by atoms with E-state index in [0.717, 1.165) is 16.3 Å². The first-order valence-electron chi connectivity index (χ1n) is 10.1. The highest BCUT2D eigenvalue weighted by Crippen LogP contribution is 2.25. The number of carbonyl (C=O) groups excluding carboxylic acids is 1. The van der Waals surface area contributed by atoms with Crippen LogP contribution < -0.4 is 10.6 Å². The number of nitrogens with zero attached hydrogens (tertiary/aromatic N) is 2. The number of thiazole rings is 1. The summed E-state index contributed by atoms with van der Waals surface area (Å²) in [4.78, 5) is 17.1. The maximum Gasteiger partial charge on any atom is 0.315 e. The van der Waals surface area contributed by atoms with E-state index in [2.05, 4.69) is 36.4 Å². The zero-order chi connectivity index (χ0) is 22.5. The van der Waals surface area contributed by atoms with Gasteiger partial charge in [-0.2, -0.15) is 4.31 Å². The summed E-state index contributed by atoms with van der Waals surface area (Å²) in [5.74, 6) is 0. The zero-order valence-electron chi connectivity index (χ0n) is 18.5. The Morgan fingerprint density at radius 3 is 2.27 bits per heavy atom. The van der Waals surface area contributed by atoms with Crippen LogP contribution in [0.4, 0.5) is 4.79 Å². The van der Waals surface area contributed by atoms with Crippen LogP contribution >= 0.6 is 11.3 Å². The molecule has 2 aromatic rings. The first-order valence-corrected chi connectivity index (χ1v) is 12.4. The number of aromatic nitrogens is 1. The van der Waals surface area contributed by atoms with Crippen molar-refractivity contribution in [1.82, 2.24) is 19.9 Å². The van der Waals surface area contributed by atoms with Crippen molar-refractivity contribution in [3.63, 3.8) is 0 Å². The van der Waals surface area contributed by atoms with Crippen LogP contribution in [-0.2, 0) is 22.0 Å². The van der Waals surface area contributed by atoms with E-state index in [9.17, 15) is 13.2 Å². The molecule has 0 saturated heterocycles. The number of benzene rings is 1. The maximum absolute atomic E-state index is 12.6. The van der Waals surface area contributed by atoms with Crippen LogP contribution in [0.1, 0.15) is 63.8 Å². The summed E-state index contributed by atoms with van der Waals surface area (Å²) in [6.45, 7) is 13.0. The van der Waals surface area contributed by atoms with Gasteiger partial charge in [-0.25, -0.2) is 18.2 Å². The van der Waals surface area contributed by atoms with Gasteiger partial charge in [0, 0.05) is 23.9 Å². The van der Waals surface area contributed by atoms with Crippen molar-refractivity contribution in [2.45, 2.75) is 64.4 Å². The van der Waals surface area contributed by atoms with Gasteiger partial charge < -0.3 is 10.6 Å². The smallest absolute Gasteiger partial charge is 0.315 e. The second-order valence-corrected chi connectivity index (χ2v) is 10.9. The van der Waals surface area contributed by atoms with Gasteiger partial charge in [0.25, 0.3) is 0 Å². The Labute approximate surface area is 184 Å². The molecule has 1 unspecified atom stereocenters. The third kappa shape index (κ3) is 6.02. The third-order valence-corrected chi connectivity index (χ3v) is 8.08. The second-order valence-electron chi connectivity index (χ2n) is 8.10. The maximum atomic E-state index is 12.6. The highest BCUT2D eigenvalue weighted by Gasteiger charge is 2.22. The Balaban J connectivity index is 1.95. The summed E-state index contributed by atoms with van der Waals surface area (Å²) < 4.78 is 26.6. The zero-order valence-corrected chi connectivity index (χ0v) is 20.2. The van der Waals surface area contributed by atoms with Crippen LogP contribution in [0.2, 0.25) is 0 Å². The fraction of sp³-hybridized carbons (Fsp3) is 0.524. The predicted molar refractivity (Wildman–Crippen MR) is 121 cm³/mol. The summed E-state index contributed by atoms with van der Waals surface area (Å²) in [5, 5.41) is 8.69. The van der Waals surface area contributed by atoms with Crippen LogP contribution in [-0.4, -0.2) is 36.8 Å². The van der Waals surface area contributed by atoms with Crippen molar-refractivity contribution in [1.29, 1.82) is 0 Å². The molecule has 2 N–H and O–H groups in total. The molecule has 0 fully saturated rings. The lowest BCUT2D eigenvalue weighted by molar-refractivity contribution is 0.237. The number of nitrogens with one attached hydrogen (secondary N) is 2. The fourth-order valence-electron chi connectivity index (χ4n) is 2.88. The van der Waals surface area contributed by atoms with Gasteiger partial charge in [-0.05, 0) is 24.6 Å². The molecular formula is C21H32N4O3S2. The summed E-state index contributed by atoms with van der Waals surface area (Å²) >= 11 is 1.59. The molecule has 7 nitrogen and oxygen atoms in total. The van der Waals surface area contributed by atoms with E-state index in [1.54, 1.807) is 35.6 Å². The standard InChI is InChI=1S/C21H32N4O3S2/c1-7-25(8-2)30(27,28)18-11-9-16(10-12-18)15(3)23-20(26)22-13-17-14-29-19(24-17)21(4,5)6/h9-12,14-15H,7-8,13H2,1-6H3,(H2,22,23,26).